The highest BCUT2D eigenvalue weighted by Gasteiger charge is 2.34. The predicted octanol–water partition coefficient (Wildman–Crippen LogP) is 6.35. The van der Waals surface area contributed by atoms with Crippen LogP contribution in [0.4, 0.5) is 10.1 Å². The van der Waals surface area contributed by atoms with Crippen LogP contribution in [0.15, 0.2) is 112 Å². The Hall–Kier alpha value is -4.22. The molecule has 0 aliphatic heterocycles. The Morgan fingerprint density at radius 1 is 0.913 bits per heavy atom. The number of carbonyl (C=O) groups is 2. The molecular formula is C35H37BrFN3O5S. The number of benzene rings is 4. The third-order valence-electron chi connectivity index (χ3n) is 7.38. The first-order valence-electron chi connectivity index (χ1n) is 14.9. The summed E-state index contributed by atoms with van der Waals surface area (Å²) in [6, 6.07) is 26.4. The van der Waals surface area contributed by atoms with Gasteiger partial charge in [0, 0.05) is 24.0 Å². The standard InChI is InChI=1S/C35H37BrFN3O5S/c1-3-4-21-38-35(42)33(23-26-9-6-5-7-10-26)39(24-27-11-8-12-28(36)22-27)34(41)25-40(30-15-13-29(37)14-16-30)46(43,44)32-19-17-31(45-2)18-20-32/h5-20,22,33H,3-4,21,23-25H2,1-2H3,(H,38,42). The van der Waals surface area contributed by atoms with Gasteiger partial charge in [0.05, 0.1) is 17.7 Å². The fraction of sp³-hybridized carbons (Fsp3) is 0.257. The molecule has 1 atom stereocenters. The van der Waals surface area contributed by atoms with E-state index in [0.29, 0.717) is 12.3 Å². The van der Waals surface area contributed by atoms with Crippen molar-refractivity contribution in [2.75, 3.05) is 24.5 Å². The molecule has 4 rings (SSSR count). The number of unbranched alkanes of at least 4 members (excludes halogenated alkanes) is 1. The van der Waals surface area contributed by atoms with Crippen molar-refractivity contribution in [2.24, 2.45) is 0 Å². The highest BCUT2D eigenvalue weighted by Crippen LogP contribution is 2.27. The third kappa shape index (κ3) is 9.17. The van der Waals surface area contributed by atoms with Gasteiger partial charge in [-0.05, 0) is 78.2 Å². The quantitative estimate of drug-likeness (QED) is 0.145. The number of halogens is 2. The minimum absolute atomic E-state index is 0.0385. The Labute approximate surface area is 278 Å². The smallest absolute Gasteiger partial charge is 0.264 e. The average Bonchev–Trinajstić information content (AvgIpc) is 3.06. The zero-order chi connectivity index (χ0) is 33.1. The van der Waals surface area contributed by atoms with E-state index in [1.165, 1.54) is 48.4 Å². The number of anilines is 1. The molecule has 1 unspecified atom stereocenters. The van der Waals surface area contributed by atoms with Crippen LogP contribution in [-0.2, 0) is 32.6 Å². The molecule has 46 heavy (non-hydrogen) atoms. The molecular weight excluding hydrogens is 673 g/mol. The molecule has 0 aromatic heterocycles. The summed E-state index contributed by atoms with van der Waals surface area (Å²) < 4.78 is 49.0. The fourth-order valence-corrected chi connectivity index (χ4v) is 6.76. The van der Waals surface area contributed by atoms with Gasteiger partial charge in [-0.1, -0.05) is 71.7 Å². The van der Waals surface area contributed by atoms with Gasteiger partial charge in [0.2, 0.25) is 11.8 Å². The van der Waals surface area contributed by atoms with Crippen molar-refractivity contribution in [2.45, 2.75) is 43.7 Å². The van der Waals surface area contributed by atoms with Gasteiger partial charge in [-0.25, -0.2) is 12.8 Å². The van der Waals surface area contributed by atoms with Gasteiger partial charge in [0.1, 0.15) is 24.2 Å². The topological polar surface area (TPSA) is 96.0 Å². The number of hydrogen-bond donors (Lipinski definition) is 1. The number of ether oxygens (including phenoxy) is 1. The van der Waals surface area contributed by atoms with E-state index in [0.717, 1.165) is 44.9 Å². The lowest BCUT2D eigenvalue weighted by Gasteiger charge is -2.34. The molecule has 2 amide bonds. The molecule has 0 fully saturated rings. The molecule has 1 N–H and O–H groups in total. The molecule has 11 heteroatoms. The van der Waals surface area contributed by atoms with Crippen molar-refractivity contribution in [1.29, 1.82) is 0 Å². The molecule has 0 heterocycles. The Kier molecular flexibility index (Phi) is 12.3. The van der Waals surface area contributed by atoms with E-state index in [9.17, 15) is 22.4 Å². The molecule has 4 aromatic carbocycles. The molecule has 0 radical (unpaired) electrons. The molecule has 0 aliphatic carbocycles. The minimum atomic E-state index is -4.32. The van der Waals surface area contributed by atoms with Gasteiger partial charge in [-0.2, -0.15) is 0 Å². The average molecular weight is 711 g/mol. The first-order valence-corrected chi connectivity index (χ1v) is 17.1. The number of amides is 2. The van der Waals surface area contributed by atoms with Gasteiger partial charge in [0.15, 0.2) is 0 Å². The maximum Gasteiger partial charge on any atom is 0.264 e. The van der Waals surface area contributed by atoms with E-state index in [-0.39, 0.29) is 29.5 Å². The maximum absolute atomic E-state index is 14.5. The van der Waals surface area contributed by atoms with Crippen LogP contribution in [0.1, 0.15) is 30.9 Å². The van der Waals surface area contributed by atoms with Crippen LogP contribution >= 0.6 is 15.9 Å². The lowest BCUT2D eigenvalue weighted by molar-refractivity contribution is -0.140. The monoisotopic (exact) mass is 709 g/mol. The number of carbonyl (C=O) groups excluding carboxylic acids is 2. The van der Waals surface area contributed by atoms with Crippen LogP contribution in [0.2, 0.25) is 0 Å². The van der Waals surface area contributed by atoms with Gasteiger partial charge in [0.25, 0.3) is 10.0 Å². The predicted molar refractivity (Wildman–Crippen MR) is 180 cm³/mol. The van der Waals surface area contributed by atoms with Crippen LogP contribution in [0.5, 0.6) is 5.75 Å². The number of sulfonamides is 1. The Bertz CT molecular complexity index is 1700. The van der Waals surface area contributed by atoms with Crippen molar-refractivity contribution in [1.82, 2.24) is 10.2 Å². The maximum atomic E-state index is 14.5. The summed E-state index contributed by atoms with van der Waals surface area (Å²) in [6.45, 7) is 1.86. The SMILES string of the molecule is CCCCNC(=O)C(Cc1ccccc1)N(Cc1cccc(Br)c1)C(=O)CN(c1ccc(F)cc1)S(=O)(=O)c1ccc(OC)cc1. The molecule has 0 bridgehead atoms. The molecule has 242 valence electrons. The zero-order valence-electron chi connectivity index (χ0n) is 25.7. The zero-order valence-corrected chi connectivity index (χ0v) is 28.1. The lowest BCUT2D eigenvalue weighted by atomic mass is 10.0. The number of methoxy groups -OCH3 is 1. The normalized spacial score (nSPS) is 11.8. The van der Waals surface area contributed by atoms with E-state index in [1.807, 2.05) is 61.5 Å². The van der Waals surface area contributed by atoms with Crippen LogP contribution in [0.3, 0.4) is 0 Å². The highest BCUT2D eigenvalue weighted by molar-refractivity contribution is 9.10. The summed E-state index contributed by atoms with van der Waals surface area (Å²) >= 11 is 3.48. The van der Waals surface area contributed by atoms with Crippen LogP contribution in [0, 0.1) is 5.82 Å². The van der Waals surface area contributed by atoms with Crippen molar-refractivity contribution in [3.05, 3.63) is 125 Å². The van der Waals surface area contributed by atoms with Crippen LogP contribution in [0.25, 0.3) is 0 Å². The van der Waals surface area contributed by atoms with Gasteiger partial charge in [-0.3, -0.25) is 13.9 Å². The van der Waals surface area contributed by atoms with E-state index in [1.54, 1.807) is 0 Å². The minimum Gasteiger partial charge on any atom is -0.497 e. The summed E-state index contributed by atoms with van der Waals surface area (Å²) in [5.74, 6) is -1.04. The molecule has 4 aromatic rings. The molecule has 8 nitrogen and oxygen atoms in total. The van der Waals surface area contributed by atoms with Crippen molar-refractivity contribution in [3.63, 3.8) is 0 Å². The first-order chi connectivity index (χ1) is 22.1. The number of nitrogens with one attached hydrogen (secondary N) is 1. The first kappa shape index (κ1) is 34.6. The van der Waals surface area contributed by atoms with Gasteiger partial charge in [-0.15, -0.1) is 0 Å². The largest absolute Gasteiger partial charge is 0.497 e. The van der Waals surface area contributed by atoms with Gasteiger partial charge < -0.3 is 15.0 Å². The summed E-state index contributed by atoms with van der Waals surface area (Å²) in [5, 5.41) is 2.97. The van der Waals surface area contributed by atoms with Crippen LogP contribution < -0.4 is 14.4 Å². The molecule has 0 saturated heterocycles. The van der Waals surface area contributed by atoms with Crippen LogP contribution in [-0.4, -0.2) is 51.4 Å². The van der Waals surface area contributed by atoms with E-state index < -0.39 is 34.3 Å². The van der Waals surface area contributed by atoms with Gasteiger partial charge >= 0.3 is 0 Å². The second kappa shape index (κ2) is 16.4. The second-order valence-electron chi connectivity index (χ2n) is 10.7. The summed E-state index contributed by atoms with van der Waals surface area (Å²) in [5.41, 5.74) is 1.68. The van der Waals surface area contributed by atoms with Crippen molar-refractivity contribution in [3.8, 4) is 5.75 Å². The molecule has 0 spiro atoms. The second-order valence-corrected chi connectivity index (χ2v) is 13.4. The van der Waals surface area contributed by atoms with Crippen molar-refractivity contribution >= 4 is 43.5 Å². The summed E-state index contributed by atoms with van der Waals surface area (Å²) in [6.07, 6.45) is 1.85. The van der Waals surface area contributed by atoms with E-state index in [2.05, 4.69) is 21.2 Å². The fourth-order valence-electron chi connectivity index (χ4n) is 4.90. The number of rotatable bonds is 15. The Morgan fingerprint density at radius 3 is 2.22 bits per heavy atom. The Balaban J connectivity index is 1.78. The van der Waals surface area contributed by atoms with E-state index >= 15 is 0 Å². The lowest BCUT2D eigenvalue weighted by Crippen LogP contribution is -2.53. The summed E-state index contributed by atoms with van der Waals surface area (Å²) in [7, 11) is -2.85. The van der Waals surface area contributed by atoms with E-state index in [4.69, 9.17) is 4.74 Å². The third-order valence-corrected chi connectivity index (χ3v) is 9.66. The number of hydrogen-bond acceptors (Lipinski definition) is 5. The Morgan fingerprint density at radius 2 is 1.59 bits per heavy atom. The van der Waals surface area contributed by atoms with Crippen molar-refractivity contribution < 1.29 is 27.1 Å². The molecule has 0 aliphatic rings. The molecule has 0 saturated carbocycles. The summed E-state index contributed by atoms with van der Waals surface area (Å²) in [4.78, 5) is 29.6. The number of nitrogens with zero attached hydrogens (tertiary/aromatic N) is 2. The highest BCUT2D eigenvalue weighted by atomic mass is 79.9.